The van der Waals surface area contributed by atoms with Crippen LogP contribution < -0.4 is 22.1 Å². The van der Waals surface area contributed by atoms with Gasteiger partial charge in [-0.3, -0.25) is 0 Å². The molecule has 0 spiro atoms. The highest BCUT2D eigenvalue weighted by Gasteiger charge is 2.06. The van der Waals surface area contributed by atoms with Gasteiger partial charge in [-0.2, -0.15) is 0 Å². The Labute approximate surface area is 70.0 Å². The summed E-state index contributed by atoms with van der Waals surface area (Å²) in [5.74, 6) is 0. The van der Waals surface area contributed by atoms with Crippen LogP contribution in [0.5, 0.6) is 0 Å². The summed E-state index contributed by atoms with van der Waals surface area (Å²) in [6, 6.07) is -1.46. The number of urea groups is 2. The van der Waals surface area contributed by atoms with Crippen molar-refractivity contribution in [2.45, 2.75) is 13.1 Å². The van der Waals surface area contributed by atoms with E-state index in [9.17, 15) is 9.59 Å². The van der Waals surface area contributed by atoms with Crippen molar-refractivity contribution in [1.82, 2.24) is 10.6 Å². The van der Waals surface area contributed by atoms with Crippen LogP contribution in [0.4, 0.5) is 9.59 Å². The maximum absolute atomic E-state index is 10.4. The van der Waals surface area contributed by atoms with Crippen molar-refractivity contribution >= 4 is 12.1 Å². The van der Waals surface area contributed by atoms with Gasteiger partial charge in [-0.05, 0) is 13.0 Å². The average molecular weight is 172 g/mol. The molecule has 0 aromatic carbocycles. The molecule has 0 bridgehead atoms. The molecule has 68 valence electrons. The number of hydrogen-bond acceptors (Lipinski definition) is 2. The lowest BCUT2D eigenvalue weighted by Gasteiger charge is -2.12. The largest absolute Gasteiger partial charge is 0.352 e. The van der Waals surface area contributed by atoms with Gasteiger partial charge < -0.3 is 22.1 Å². The van der Waals surface area contributed by atoms with Crippen LogP contribution in [0.15, 0.2) is 12.2 Å². The van der Waals surface area contributed by atoms with Crippen LogP contribution in [0.2, 0.25) is 0 Å². The van der Waals surface area contributed by atoms with Crippen molar-refractivity contribution in [2.75, 3.05) is 0 Å². The minimum absolute atomic E-state index is 0.648. The number of allylic oxidation sites excluding steroid dienone is 1. The number of carbonyl (C=O) groups excluding carboxylic acids is 2. The third kappa shape index (κ3) is 5.10. The van der Waals surface area contributed by atoms with Gasteiger partial charge in [0.15, 0.2) is 0 Å². The van der Waals surface area contributed by atoms with E-state index in [4.69, 9.17) is 11.5 Å². The number of carbonyl (C=O) groups is 2. The number of primary amides is 2. The molecule has 0 rings (SSSR count). The van der Waals surface area contributed by atoms with E-state index in [2.05, 4.69) is 10.6 Å². The molecule has 0 heterocycles. The van der Waals surface area contributed by atoms with Gasteiger partial charge in [0.2, 0.25) is 0 Å². The fourth-order valence-corrected chi connectivity index (χ4v) is 0.631. The molecule has 4 amide bonds. The molecule has 12 heavy (non-hydrogen) atoms. The highest BCUT2D eigenvalue weighted by molar-refractivity contribution is 5.75. The molecular formula is C6H12N4O2. The first-order chi connectivity index (χ1) is 5.56. The van der Waals surface area contributed by atoms with E-state index in [1.165, 1.54) is 6.08 Å². The molecule has 0 aliphatic rings. The Kier molecular flexibility index (Phi) is 4.28. The van der Waals surface area contributed by atoms with E-state index in [0.717, 1.165) is 0 Å². The molecule has 0 aromatic rings. The maximum Gasteiger partial charge on any atom is 0.314 e. The Morgan fingerprint density at radius 3 is 1.92 bits per heavy atom. The number of nitrogens with one attached hydrogen (secondary N) is 2. The van der Waals surface area contributed by atoms with Gasteiger partial charge in [-0.15, -0.1) is 0 Å². The molecule has 0 aliphatic carbocycles. The number of nitrogens with two attached hydrogens (primary N) is 2. The average Bonchev–Trinajstić information content (AvgIpc) is 1.84. The first kappa shape index (κ1) is 10.3. The van der Waals surface area contributed by atoms with Crippen molar-refractivity contribution in [2.24, 2.45) is 11.5 Å². The third-order valence-corrected chi connectivity index (χ3v) is 0.980. The summed E-state index contributed by atoms with van der Waals surface area (Å²) in [7, 11) is 0. The Hall–Kier alpha value is -1.72. The lowest BCUT2D eigenvalue weighted by Crippen LogP contribution is -2.50. The number of amides is 4. The van der Waals surface area contributed by atoms with E-state index in [-0.39, 0.29) is 0 Å². The Bertz CT molecular complexity index is 186. The minimum Gasteiger partial charge on any atom is -0.352 e. The summed E-state index contributed by atoms with van der Waals surface area (Å²) in [4.78, 5) is 20.7. The van der Waals surface area contributed by atoms with Gasteiger partial charge >= 0.3 is 12.1 Å². The van der Waals surface area contributed by atoms with Gasteiger partial charge in [0.05, 0.1) is 0 Å². The van der Waals surface area contributed by atoms with Gasteiger partial charge in [0, 0.05) is 0 Å². The fraction of sp³-hybridized carbons (Fsp3) is 0.333. The predicted molar refractivity (Wildman–Crippen MR) is 44.0 cm³/mol. The second kappa shape index (κ2) is 5.00. The topological polar surface area (TPSA) is 110 Å². The van der Waals surface area contributed by atoms with E-state index in [1.54, 1.807) is 13.0 Å². The zero-order valence-corrected chi connectivity index (χ0v) is 6.70. The third-order valence-electron chi connectivity index (χ3n) is 0.980. The Morgan fingerprint density at radius 2 is 1.67 bits per heavy atom. The molecule has 6 heteroatoms. The van der Waals surface area contributed by atoms with Crippen molar-refractivity contribution < 1.29 is 9.59 Å². The van der Waals surface area contributed by atoms with Crippen molar-refractivity contribution in [3.05, 3.63) is 12.2 Å². The van der Waals surface area contributed by atoms with Gasteiger partial charge in [0.1, 0.15) is 6.17 Å². The van der Waals surface area contributed by atoms with Gasteiger partial charge in [-0.1, -0.05) is 6.08 Å². The zero-order chi connectivity index (χ0) is 9.56. The maximum atomic E-state index is 10.4. The first-order valence-electron chi connectivity index (χ1n) is 3.31. The normalized spacial score (nSPS) is 10.2. The first-order valence-corrected chi connectivity index (χ1v) is 3.31. The van der Waals surface area contributed by atoms with Crippen LogP contribution in [0.1, 0.15) is 6.92 Å². The minimum atomic E-state index is -0.730. The van der Waals surface area contributed by atoms with Crippen molar-refractivity contribution in [1.29, 1.82) is 0 Å². The van der Waals surface area contributed by atoms with Crippen LogP contribution in [0.25, 0.3) is 0 Å². The Balaban J connectivity index is 4.03. The predicted octanol–water partition coefficient (Wildman–Crippen LogP) is -0.775. The molecule has 6 nitrogen and oxygen atoms in total. The summed E-state index contributed by atoms with van der Waals surface area (Å²) in [5, 5.41) is 4.50. The van der Waals surface area contributed by atoms with Crippen LogP contribution in [0, 0.1) is 0 Å². The Morgan fingerprint density at radius 1 is 1.25 bits per heavy atom. The van der Waals surface area contributed by atoms with Crippen LogP contribution in [0.3, 0.4) is 0 Å². The van der Waals surface area contributed by atoms with E-state index >= 15 is 0 Å². The highest BCUT2D eigenvalue weighted by Crippen LogP contribution is 1.80. The van der Waals surface area contributed by atoms with Crippen molar-refractivity contribution in [3.63, 3.8) is 0 Å². The van der Waals surface area contributed by atoms with Crippen LogP contribution >= 0.6 is 0 Å². The highest BCUT2D eigenvalue weighted by atomic mass is 16.2. The zero-order valence-electron chi connectivity index (χ0n) is 6.70. The summed E-state index contributed by atoms with van der Waals surface area (Å²) < 4.78 is 0. The van der Waals surface area contributed by atoms with E-state index < -0.39 is 18.2 Å². The molecule has 0 unspecified atom stereocenters. The smallest absolute Gasteiger partial charge is 0.314 e. The summed E-state index contributed by atoms with van der Waals surface area (Å²) in [5.41, 5.74) is 9.65. The van der Waals surface area contributed by atoms with Gasteiger partial charge in [-0.25, -0.2) is 9.59 Å². The van der Waals surface area contributed by atoms with Crippen LogP contribution in [-0.2, 0) is 0 Å². The lowest BCUT2D eigenvalue weighted by molar-refractivity contribution is 0.239. The van der Waals surface area contributed by atoms with E-state index in [0.29, 0.717) is 0 Å². The monoisotopic (exact) mass is 172 g/mol. The molecule has 0 atom stereocenters. The second-order valence-corrected chi connectivity index (χ2v) is 2.02. The number of rotatable bonds is 3. The second-order valence-electron chi connectivity index (χ2n) is 2.02. The molecule has 0 fully saturated rings. The summed E-state index contributed by atoms with van der Waals surface area (Å²) in [6.07, 6.45) is 2.54. The molecule has 0 radical (unpaired) electrons. The quantitative estimate of drug-likeness (QED) is 0.331. The lowest BCUT2D eigenvalue weighted by atomic mass is 10.4. The van der Waals surface area contributed by atoms with E-state index in [1.807, 2.05) is 0 Å². The van der Waals surface area contributed by atoms with Crippen LogP contribution in [-0.4, -0.2) is 18.2 Å². The SMILES string of the molecule is C/C=C/C(NC(N)=O)NC(N)=O. The fourth-order valence-electron chi connectivity index (χ4n) is 0.631. The molecular weight excluding hydrogens is 160 g/mol. The molecule has 0 aromatic heterocycles. The molecule has 0 saturated carbocycles. The molecule has 0 saturated heterocycles. The molecule has 0 aliphatic heterocycles. The standard InChI is InChI=1S/C6H12N4O2/c1-2-3-4(9-5(7)11)10-6(8)12/h2-4H,1H3,(H3,7,9,11)(H3,8,10,12)/b3-2+. The van der Waals surface area contributed by atoms with Gasteiger partial charge in [0.25, 0.3) is 0 Å². The number of hydrogen-bond donors (Lipinski definition) is 4. The molecule has 6 N–H and O–H groups in total. The van der Waals surface area contributed by atoms with Crippen molar-refractivity contribution in [3.8, 4) is 0 Å². The summed E-state index contributed by atoms with van der Waals surface area (Å²) >= 11 is 0. The summed E-state index contributed by atoms with van der Waals surface area (Å²) in [6.45, 7) is 1.73.